The van der Waals surface area contributed by atoms with Crippen LogP contribution in [-0.2, 0) is 6.16 Å². The highest BCUT2D eigenvalue weighted by atomic mass is 35.5. The number of methoxy groups -OCH3 is 1. The normalized spacial score (nSPS) is 11.1. The Morgan fingerprint density at radius 2 is 1.12 bits per heavy atom. The second kappa shape index (κ2) is 10.2. The molecule has 4 heteroatoms. The van der Waals surface area contributed by atoms with Gasteiger partial charge in [-0.3, -0.25) is 0 Å². The Kier molecular flexibility index (Phi) is 7.08. The van der Waals surface area contributed by atoms with Gasteiger partial charge in [-0.25, -0.2) is 4.98 Å². The lowest BCUT2D eigenvalue weighted by Gasteiger charge is -2.38. The molecule has 0 bridgehead atoms. The van der Waals surface area contributed by atoms with Crippen molar-refractivity contribution in [3.63, 3.8) is 0 Å². The standard InChI is InChI=1S/C29H25NOP.ClH/c1-31-28-19-11-12-23-20-21-24(30-29(23)28)22-32(25-13-5-2-6-14-25,26-15-7-3-8-16-26)27-17-9-4-10-18-27;/h2-21H,22H2,1H3;1H. The largest absolute Gasteiger partial charge is 0.494 e. The van der Waals surface area contributed by atoms with Gasteiger partial charge < -0.3 is 4.74 Å². The van der Waals surface area contributed by atoms with Crippen molar-refractivity contribution in [3.8, 4) is 5.75 Å². The summed E-state index contributed by atoms with van der Waals surface area (Å²) in [7, 11) is -0.273. The fourth-order valence-electron chi connectivity index (χ4n) is 4.42. The zero-order valence-electron chi connectivity index (χ0n) is 18.5. The first-order chi connectivity index (χ1) is 15.8. The molecule has 1 radical (unpaired) electrons. The van der Waals surface area contributed by atoms with Gasteiger partial charge in [-0.1, -0.05) is 109 Å². The van der Waals surface area contributed by atoms with Gasteiger partial charge >= 0.3 is 0 Å². The Balaban J connectivity index is 0.00000259. The average Bonchev–Trinajstić information content (AvgIpc) is 2.88. The third-order valence-corrected chi connectivity index (χ3v) is 10.3. The van der Waals surface area contributed by atoms with Crippen LogP contribution in [0.15, 0.2) is 121 Å². The summed E-state index contributed by atoms with van der Waals surface area (Å²) in [6.45, 7) is 0. The van der Waals surface area contributed by atoms with E-state index in [-0.39, 0.29) is 12.4 Å². The molecule has 0 spiro atoms. The van der Waals surface area contributed by atoms with E-state index in [4.69, 9.17) is 9.72 Å². The maximum absolute atomic E-state index is 5.61. The van der Waals surface area contributed by atoms with Crippen molar-refractivity contribution >= 4 is 46.5 Å². The lowest BCUT2D eigenvalue weighted by atomic mass is 10.2. The Labute approximate surface area is 202 Å². The van der Waals surface area contributed by atoms with Gasteiger partial charge in [-0.2, -0.15) is 0 Å². The first-order valence-corrected chi connectivity index (χ1v) is 12.8. The molecule has 5 rings (SSSR count). The first-order valence-electron chi connectivity index (χ1n) is 10.8. The molecule has 0 saturated carbocycles. The van der Waals surface area contributed by atoms with Crippen molar-refractivity contribution in [3.05, 3.63) is 127 Å². The summed E-state index contributed by atoms with van der Waals surface area (Å²) in [4.78, 5) is 5.11. The molecule has 0 aliphatic heterocycles. The van der Waals surface area contributed by atoms with Crippen molar-refractivity contribution in [2.45, 2.75) is 6.16 Å². The summed E-state index contributed by atoms with van der Waals surface area (Å²) >= 11 is 0. The Hall–Kier alpha value is -3.19. The van der Waals surface area contributed by atoms with Crippen LogP contribution in [0, 0.1) is 0 Å². The van der Waals surface area contributed by atoms with Gasteiger partial charge in [-0.05, 0) is 35.3 Å². The molecule has 33 heavy (non-hydrogen) atoms. The van der Waals surface area contributed by atoms with Crippen LogP contribution in [0.2, 0.25) is 0 Å². The van der Waals surface area contributed by atoms with Crippen LogP contribution in [0.4, 0.5) is 0 Å². The maximum Gasteiger partial charge on any atom is 0.145 e. The Morgan fingerprint density at radius 1 is 0.606 bits per heavy atom. The number of aromatic nitrogens is 1. The minimum absolute atomic E-state index is 0. The maximum atomic E-state index is 5.61. The van der Waals surface area contributed by atoms with E-state index in [0.717, 1.165) is 28.5 Å². The first kappa shape index (κ1) is 23.0. The Morgan fingerprint density at radius 3 is 1.61 bits per heavy atom. The number of pyridine rings is 1. The number of hydrogen-bond acceptors (Lipinski definition) is 2. The zero-order valence-corrected chi connectivity index (χ0v) is 20.2. The number of hydrogen-bond donors (Lipinski definition) is 0. The number of rotatable bonds is 6. The summed E-state index contributed by atoms with van der Waals surface area (Å²) in [5.74, 6) is 0.812. The molecule has 1 aromatic heterocycles. The van der Waals surface area contributed by atoms with E-state index in [0.29, 0.717) is 0 Å². The van der Waals surface area contributed by atoms with Crippen LogP contribution in [0.25, 0.3) is 10.9 Å². The fraction of sp³-hybridized carbons (Fsp3) is 0.0690. The van der Waals surface area contributed by atoms with Crippen molar-refractivity contribution < 1.29 is 4.74 Å². The highest BCUT2D eigenvalue weighted by Gasteiger charge is 2.34. The smallest absolute Gasteiger partial charge is 0.145 e. The quantitative estimate of drug-likeness (QED) is 0.277. The van der Waals surface area contributed by atoms with Crippen LogP contribution >= 0.6 is 19.7 Å². The zero-order chi connectivity index (χ0) is 21.8. The van der Waals surface area contributed by atoms with E-state index < -0.39 is 7.26 Å². The van der Waals surface area contributed by atoms with Gasteiger partial charge in [0.05, 0.1) is 7.11 Å². The van der Waals surface area contributed by atoms with Crippen molar-refractivity contribution in [2.75, 3.05) is 7.11 Å². The molecule has 165 valence electrons. The minimum Gasteiger partial charge on any atom is -0.494 e. The third-order valence-electron chi connectivity index (χ3n) is 5.95. The SMILES string of the molecule is COc1cccc2ccc(C[P](c3ccccc3)(c3ccccc3)c3ccccc3)nc12.Cl. The summed E-state index contributed by atoms with van der Waals surface area (Å²) in [5.41, 5.74) is 1.99. The number of para-hydroxylation sites is 1. The average molecular weight is 471 g/mol. The number of ether oxygens (including phenoxy) is 1. The van der Waals surface area contributed by atoms with E-state index in [1.54, 1.807) is 7.11 Å². The van der Waals surface area contributed by atoms with E-state index in [1.807, 2.05) is 12.1 Å². The molecule has 0 aliphatic carbocycles. The third kappa shape index (κ3) is 4.37. The topological polar surface area (TPSA) is 22.1 Å². The van der Waals surface area contributed by atoms with Crippen LogP contribution < -0.4 is 20.7 Å². The Bertz CT molecular complexity index is 1230. The molecule has 5 aromatic rings. The van der Waals surface area contributed by atoms with Crippen LogP contribution in [0.3, 0.4) is 0 Å². The van der Waals surface area contributed by atoms with Crippen molar-refractivity contribution in [1.29, 1.82) is 0 Å². The van der Waals surface area contributed by atoms with E-state index >= 15 is 0 Å². The molecular formula is C29H26ClNOP. The van der Waals surface area contributed by atoms with E-state index in [2.05, 4.69) is 109 Å². The molecule has 0 atom stereocenters. The summed E-state index contributed by atoms with van der Waals surface area (Å²) in [6.07, 6.45) is 0.846. The van der Waals surface area contributed by atoms with Crippen LogP contribution in [-0.4, -0.2) is 12.1 Å². The van der Waals surface area contributed by atoms with E-state index in [9.17, 15) is 0 Å². The second-order valence-electron chi connectivity index (χ2n) is 7.81. The highest BCUT2D eigenvalue weighted by molar-refractivity contribution is 7.95. The van der Waals surface area contributed by atoms with Gasteiger partial charge in [0.15, 0.2) is 0 Å². The second-order valence-corrected chi connectivity index (χ2v) is 11.3. The summed E-state index contributed by atoms with van der Waals surface area (Å²) < 4.78 is 5.61. The van der Waals surface area contributed by atoms with Gasteiger partial charge in [0.25, 0.3) is 0 Å². The van der Waals surface area contributed by atoms with Crippen LogP contribution in [0.1, 0.15) is 5.69 Å². The molecule has 0 unspecified atom stereocenters. The van der Waals surface area contributed by atoms with Gasteiger partial charge in [0, 0.05) is 17.2 Å². The monoisotopic (exact) mass is 470 g/mol. The van der Waals surface area contributed by atoms with Crippen molar-refractivity contribution in [1.82, 2.24) is 4.98 Å². The fourth-order valence-corrected chi connectivity index (χ4v) is 8.57. The predicted molar refractivity (Wildman–Crippen MR) is 144 cm³/mol. The van der Waals surface area contributed by atoms with Crippen molar-refractivity contribution in [2.24, 2.45) is 0 Å². The molecule has 0 aliphatic rings. The van der Waals surface area contributed by atoms with Gasteiger partial charge in [-0.15, -0.1) is 12.4 Å². The lowest BCUT2D eigenvalue weighted by molar-refractivity contribution is 0.419. The molecule has 0 fully saturated rings. The lowest BCUT2D eigenvalue weighted by Crippen LogP contribution is -2.32. The summed E-state index contributed by atoms with van der Waals surface area (Å²) in [6, 6.07) is 43.2. The summed E-state index contributed by atoms with van der Waals surface area (Å²) in [5, 5.41) is 5.18. The number of halogens is 1. The molecule has 4 aromatic carbocycles. The number of nitrogens with zero attached hydrogens (tertiary/aromatic N) is 1. The van der Waals surface area contributed by atoms with E-state index in [1.165, 1.54) is 15.9 Å². The van der Waals surface area contributed by atoms with Crippen LogP contribution in [0.5, 0.6) is 5.75 Å². The highest BCUT2D eigenvalue weighted by Crippen LogP contribution is 2.58. The molecule has 2 nitrogen and oxygen atoms in total. The minimum atomic E-state index is -1.98. The molecule has 0 N–H and O–H groups in total. The van der Waals surface area contributed by atoms with Gasteiger partial charge in [0.1, 0.15) is 11.3 Å². The predicted octanol–water partition coefficient (Wildman–Crippen LogP) is 6.16. The molecule has 1 heterocycles. The molecule has 0 amide bonds. The molecule has 0 saturated heterocycles. The molecular weight excluding hydrogens is 445 g/mol. The van der Waals surface area contributed by atoms with Gasteiger partial charge in [0.2, 0.25) is 0 Å². The number of fused-ring (bicyclic) bond motifs is 1. The number of benzene rings is 4.